The van der Waals surface area contributed by atoms with Crippen LogP contribution in [0.25, 0.3) is 17.1 Å². The average Bonchev–Trinajstić information content (AvgIpc) is 3.19. The lowest BCUT2D eigenvalue weighted by Gasteiger charge is -2.33. The second kappa shape index (κ2) is 19.3. The molecule has 2 N–H and O–H groups in total. The molecule has 0 bridgehead atoms. The minimum Gasteiger partial charge on any atom is -0.497 e. The van der Waals surface area contributed by atoms with E-state index < -0.39 is 5.60 Å². The molecule has 2 fully saturated rings. The molecule has 13 heteroatoms. The number of allylic oxidation sites excluding steroid dienone is 1. The third-order valence-electron chi connectivity index (χ3n) is 9.89. The number of piperidine rings is 2. The summed E-state index contributed by atoms with van der Waals surface area (Å²) in [5.41, 5.74) is 5.34. The number of nitrogens with zero attached hydrogens (tertiary/aromatic N) is 5. The number of amides is 1. The first-order valence-corrected chi connectivity index (χ1v) is 19.7. The first-order valence-electron chi connectivity index (χ1n) is 18.9. The van der Waals surface area contributed by atoms with Gasteiger partial charge in [0.15, 0.2) is 5.78 Å². The fraction of sp³-hybridized carbons (Fsp3) is 0.452. The van der Waals surface area contributed by atoms with Gasteiger partial charge in [-0.1, -0.05) is 12.1 Å². The number of carbonyl (C=O) groups excluding carboxylic acids is 2. The topological polar surface area (TPSA) is 131 Å². The van der Waals surface area contributed by atoms with Crippen LogP contribution >= 0.6 is 15.9 Å². The molecule has 4 aromatic rings. The molecule has 0 radical (unpaired) electrons. The Kier molecular flexibility index (Phi) is 14.6. The average molecular weight is 817 g/mol. The van der Waals surface area contributed by atoms with E-state index in [9.17, 15) is 14.4 Å². The summed E-state index contributed by atoms with van der Waals surface area (Å²) in [6, 6.07) is 16.0. The lowest BCUT2D eigenvalue weighted by atomic mass is 10.00. The number of pyridine rings is 3. The maximum Gasteiger partial charge on any atom is 0.410 e. The van der Waals surface area contributed by atoms with E-state index >= 15 is 0 Å². The molecule has 55 heavy (non-hydrogen) atoms. The van der Waals surface area contributed by atoms with Crippen LogP contribution in [0, 0.1) is 0 Å². The highest BCUT2D eigenvalue weighted by Crippen LogP contribution is 2.25. The summed E-state index contributed by atoms with van der Waals surface area (Å²) in [5, 5.41) is 6.61. The summed E-state index contributed by atoms with van der Waals surface area (Å²) in [6.07, 6.45) is 11.7. The Labute approximate surface area is 332 Å². The lowest BCUT2D eigenvalue weighted by molar-refractivity contribution is -0.114. The molecule has 1 amide bonds. The number of methoxy groups -OCH3 is 1. The van der Waals surface area contributed by atoms with E-state index in [-0.39, 0.29) is 17.4 Å². The van der Waals surface area contributed by atoms with Gasteiger partial charge in [0, 0.05) is 55.4 Å². The molecule has 2 aliphatic heterocycles. The Bertz CT molecular complexity index is 2000. The van der Waals surface area contributed by atoms with Crippen molar-refractivity contribution in [3.05, 3.63) is 98.6 Å². The molecule has 5 heterocycles. The molecule has 0 unspecified atom stereocenters. The summed E-state index contributed by atoms with van der Waals surface area (Å²) in [7, 11) is 5.48. The number of aromatic nitrogens is 3. The highest BCUT2D eigenvalue weighted by Gasteiger charge is 2.26. The largest absolute Gasteiger partial charge is 0.497 e. The summed E-state index contributed by atoms with van der Waals surface area (Å²) in [4.78, 5) is 48.3. The van der Waals surface area contributed by atoms with Crippen LogP contribution in [0.15, 0.2) is 76.3 Å². The second-order valence-corrected chi connectivity index (χ2v) is 15.9. The van der Waals surface area contributed by atoms with Crippen molar-refractivity contribution in [3.63, 3.8) is 0 Å². The van der Waals surface area contributed by atoms with Crippen molar-refractivity contribution in [2.75, 3.05) is 52.3 Å². The molecule has 7 rings (SSSR count). The van der Waals surface area contributed by atoms with Crippen molar-refractivity contribution in [3.8, 4) is 5.75 Å². The van der Waals surface area contributed by atoms with Crippen LogP contribution < -0.4 is 25.8 Å². The van der Waals surface area contributed by atoms with Gasteiger partial charge in [-0.2, -0.15) is 0 Å². The molecule has 0 spiro atoms. The van der Waals surface area contributed by atoms with Gasteiger partial charge in [-0.3, -0.25) is 19.6 Å². The molecule has 12 nitrogen and oxygen atoms in total. The molecular weight excluding hydrogens is 762 g/mol. The van der Waals surface area contributed by atoms with Gasteiger partial charge in [-0.25, -0.2) is 4.79 Å². The van der Waals surface area contributed by atoms with Gasteiger partial charge in [0.25, 0.3) is 5.56 Å². The summed E-state index contributed by atoms with van der Waals surface area (Å²) in [6.45, 7) is 10.2. The third kappa shape index (κ3) is 11.9. The molecule has 0 saturated carbocycles. The Morgan fingerprint density at radius 3 is 2.35 bits per heavy atom. The van der Waals surface area contributed by atoms with Crippen molar-refractivity contribution in [2.24, 2.45) is 0 Å². The smallest absolute Gasteiger partial charge is 0.410 e. The van der Waals surface area contributed by atoms with Crippen molar-refractivity contribution in [1.29, 1.82) is 0 Å². The highest BCUT2D eigenvalue weighted by molar-refractivity contribution is 9.10. The van der Waals surface area contributed by atoms with Crippen molar-refractivity contribution in [2.45, 2.75) is 77.1 Å². The van der Waals surface area contributed by atoms with Crippen molar-refractivity contribution >= 4 is 50.6 Å². The third-order valence-corrected chi connectivity index (χ3v) is 10.3. The predicted octanol–water partition coefficient (Wildman–Crippen LogP) is 6.23. The number of ether oxygens (including phenoxy) is 2. The van der Waals surface area contributed by atoms with E-state index in [1.165, 1.54) is 0 Å². The molecule has 1 aliphatic carbocycles. The van der Waals surface area contributed by atoms with Gasteiger partial charge in [0.1, 0.15) is 11.4 Å². The Morgan fingerprint density at radius 2 is 1.69 bits per heavy atom. The zero-order valence-corrected chi connectivity index (χ0v) is 34.4. The summed E-state index contributed by atoms with van der Waals surface area (Å²) >= 11 is 3.40. The number of ketones is 1. The molecule has 3 aromatic heterocycles. The van der Waals surface area contributed by atoms with E-state index in [0.717, 1.165) is 95.6 Å². The van der Waals surface area contributed by atoms with Gasteiger partial charge in [0.05, 0.1) is 42.3 Å². The quantitative estimate of drug-likeness (QED) is 0.231. The van der Waals surface area contributed by atoms with Crippen LogP contribution in [0.4, 0.5) is 10.5 Å². The van der Waals surface area contributed by atoms with E-state index in [1.54, 1.807) is 41.0 Å². The van der Waals surface area contributed by atoms with Crippen LogP contribution in [0.3, 0.4) is 0 Å². The minimum atomic E-state index is -0.405. The van der Waals surface area contributed by atoms with Crippen LogP contribution in [-0.4, -0.2) is 96.4 Å². The minimum absolute atomic E-state index is 0.0433. The number of rotatable bonds is 6. The zero-order chi connectivity index (χ0) is 39.5. The normalized spacial score (nSPS) is 16.0. The SMILES string of the molecule is CN(C(=O)OC(C)(C)C)C1CCNCC1.CNC1CCN(c2cnc3c(c2)CC(=O)C=C3)CC1.COc1ccc(Cn2c(=O)ccc3ncc(Br)cc32)cc1. The van der Waals surface area contributed by atoms with Crippen LogP contribution in [0.1, 0.15) is 63.3 Å². The lowest BCUT2D eigenvalue weighted by Crippen LogP contribution is -2.45. The number of benzene rings is 1. The maximum atomic E-state index is 12.2. The second-order valence-electron chi connectivity index (χ2n) is 15.0. The molecule has 0 atom stereocenters. The molecular formula is C42H54BrN7O5. The van der Waals surface area contributed by atoms with Gasteiger partial charge in [-0.05, 0) is 136 Å². The number of nitrogens with one attached hydrogen (secondary N) is 2. The highest BCUT2D eigenvalue weighted by atomic mass is 79.9. The van der Waals surface area contributed by atoms with Crippen molar-refractivity contribution in [1.82, 2.24) is 30.1 Å². The van der Waals surface area contributed by atoms with Gasteiger partial charge < -0.3 is 34.5 Å². The predicted molar refractivity (Wildman–Crippen MR) is 222 cm³/mol. The molecule has 294 valence electrons. The number of hydrogen-bond acceptors (Lipinski definition) is 10. The van der Waals surface area contributed by atoms with Crippen LogP contribution in [0.5, 0.6) is 5.75 Å². The van der Waals surface area contributed by atoms with Gasteiger partial charge in [0.2, 0.25) is 0 Å². The number of fused-ring (bicyclic) bond motifs is 2. The first kappa shape index (κ1) is 41.6. The van der Waals surface area contributed by atoms with Gasteiger partial charge in [-0.15, -0.1) is 0 Å². The zero-order valence-electron chi connectivity index (χ0n) is 32.8. The number of anilines is 1. The van der Waals surface area contributed by atoms with E-state index in [1.807, 2.05) is 77.5 Å². The maximum absolute atomic E-state index is 12.2. The first-order chi connectivity index (χ1) is 26.3. The van der Waals surface area contributed by atoms with E-state index in [0.29, 0.717) is 25.0 Å². The standard InChI is InChI=1S/C16H13BrN2O2.C15H19N3O.C11H22N2O2/c1-21-13-4-2-11(3-5-13)10-19-15-8-12(17)9-18-14(15)6-7-16(19)20;1-16-12-4-6-18(7-5-12)13-8-11-9-14(19)2-3-15(11)17-10-13;1-11(2,3)15-10(14)13(4)9-5-7-12-8-6-9/h2-9H,10H2,1H3;2-3,8,10,12,16H,4-7,9H2,1H3;9,12H,5-8H2,1-4H3. The summed E-state index contributed by atoms with van der Waals surface area (Å²) < 4.78 is 13.0. The number of carbonyl (C=O) groups is 2. The van der Waals surface area contributed by atoms with E-state index in [2.05, 4.69) is 47.5 Å². The summed E-state index contributed by atoms with van der Waals surface area (Å²) in [5.74, 6) is 0.966. The Morgan fingerprint density at radius 1 is 0.982 bits per heavy atom. The molecule has 1 aromatic carbocycles. The number of halogens is 1. The number of hydrogen-bond donors (Lipinski definition) is 2. The monoisotopic (exact) mass is 815 g/mol. The van der Waals surface area contributed by atoms with Crippen LogP contribution in [0.2, 0.25) is 0 Å². The van der Waals surface area contributed by atoms with Crippen molar-refractivity contribution < 1.29 is 19.1 Å². The fourth-order valence-electron chi connectivity index (χ4n) is 6.71. The Balaban J connectivity index is 0.000000161. The van der Waals surface area contributed by atoms with E-state index in [4.69, 9.17) is 9.47 Å². The van der Waals surface area contributed by atoms with Gasteiger partial charge >= 0.3 is 6.09 Å². The molecule has 2 saturated heterocycles. The Hall–Kier alpha value is -4.59. The fourth-order valence-corrected chi connectivity index (χ4v) is 7.03. The molecule has 3 aliphatic rings. The van der Waals surface area contributed by atoms with Crippen LogP contribution in [-0.2, 0) is 22.5 Å².